The number of anilines is 1. The maximum Gasteiger partial charge on any atom is 0.254 e. The van der Waals surface area contributed by atoms with Gasteiger partial charge in [0.2, 0.25) is 0 Å². The third-order valence-electron chi connectivity index (χ3n) is 2.26. The van der Waals surface area contributed by atoms with E-state index >= 15 is 0 Å². The molecule has 106 valence electrons. The van der Waals surface area contributed by atoms with Crippen LogP contribution in [0.4, 0.5) is 18.9 Å². The van der Waals surface area contributed by atoms with Gasteiger partial charge in [0.05, 0.1) is 5.56 Å². The van der Waals surface area contributed by atoms with Crippen LogP contribution in [0, 0.1) is 17.5 Å². The number of rotatable bonds is 4. The van der Waals surface area contributed by atoms with Crippen molar-refractivity contribution in [2.45, 2.75) is 39.8 Å². The molecule has 1 aromatic carbocycles. The highest BCUT2D eigenvalue weighted by molar-refractivity contribution is 5.95. The van der Waals surface area contributed by atoms with E-state index in [4.69, 9.17) is 0 Å². The van der Waals surface area contributed by atoms with E-state index in [-0.39, 0.29) is 12.1 Å². The Hall–Kier alpha value is -1.72. The van der Waals surface area contributed by atoms with Gasteiger partial charge in [-0.1, -0.05) is 0 Å². The fraction of sp³-hybridized carbons (Fsp3) is 0.462. The minimum atomic E-state index is -1.39. The number of carbonyl (C=O) groups is 1. The Morgan fingerprint density at radius 1 is 1.05 bits per heavy atom. The summed E-state index contributed by atoms with van der Waals surface area (Å²) < 4.78 is 41.2. The lowest BCUT2D eigenvalue weighted by Crippen LogP contribution is -2.31. The molecule has 3 nitrogen and oxygen atoms in total. The first-order valence-corrected chi connectivity index (χ1v) is 5.99. The average Bonchev–Trinajstić information content (AvgIpc) is 2.28. The number of amides is 1. The lowest BCUT2D eigenvalue weighted by atomic mass is 10.1. The molecule has 1 amide bonds. The van der Waals surface area contributed by atoms with Gasteiger partial charge in [-0.05, 0) is 33.8 Å². The second-order valence-electron chi connectivity index (χ2n) is 4.84. The first-order chi connectivity index (χ1) is 8.73. The highest BCUT2D eigenvalue weighted by Crippen LogP contribution is 2.25. The molecule has 6 heteroatoms. The predicted molar refractivity (Wildman–Crippen MR) is 67.7 cm³/mol. The van der Waals surface area contributed by atoms with Crippen LogP contribution in [0.5, 0.6) is 0 Å². The van der Waals surface area contributed by atoms with Crippen molar-refractivity contribution in [1.82, 2.24) is 5.32 Å². The van der Waals surface area contributed by atoms with Gasteiger partial charge >= 0.3 is 0 Å². The lowest BCUT2D eigenvalue weighted by molar-refractivity contribution is 0.0937. The molecule has 0 aliphatic carbocycles. The second kappa shape index (κ2) is 5.95. The molecule has 0 saturated carbocycles. The summed E-state index contributed by atoms with van der Waals surface area (Å²) >= 11 is 0. The summed E-state index contributed by atoms with van der Waals surface area (Å²) in [6, 6.07) is 0.172. The molecule has 19 heavy (non-hydrogen) atoms. The maximum absolute atomic E-state index is 13.8. The van der Waals surface area contributed by atoms with Gasteiger partial charge in [0.1, 0.15) is 11.5 Å². The zero-order chi connectivity index (χ0) is 14.7. The number of carbonyl (C=O) groups excluding carboxylic acids is 1. The fourth-order valence-electron chi connectivity index (χ4n) is 1.52. The molecule has 2 N–H and O–H groups in total. The van der Waals surface area contributed by atoms with E-state index in [1.807, 2.05) is 0 Å². The number of benzene rings is 1. The summed E-state index contributed by atoms with van der Waals surface area (Å²) in [6.45, 7) is 6.65. The van der Waals surface area contributed by atoms with Crippen LogP contribution in [-0.2, 0) is 0 Å². The van der Waals surface area contributed by atoms with Crippen LogP contribution in [0.1, 0.15) is 38.1 Å². The van der Waals surface area contributed by atoms with Gasteiger partial charge in [0, 0.05) is 12.1 Å². The van der Waals surface area contributed by atoms with E-state index < -0.39 is 34.6 Å². The van der Waals surface area contributed by atoms with E-state index in [1.165, 1.54) is 0 Å². The smallest absolute Gasteiger partial charge is 0.254 e. The van der Waals surface area contributed by atoms with Crippen molar-refractivity contribution in [3.63, 3.8) is 0 Å². The quantitative estimate of drug-likeness (QED) is 0.828. The lowest BCUT2D eigenvalue weighted by Gasteiger charge is -2.15. The molecule has 0 radical (unpaired) electrons. The Balaban J connectivity index is 3.21. The molecular formula is C13H17F3N2O. The van der Waals surface area contributed by atoms with E-state index in [0.717, 1.165) is 0 Å². The van der Waals surface area contributed by atoms with Gasteiger partial charge in [-0.2, -0.15) is 0 Å². The summed E-state index contributed by atoms with van der Waals surface area (Å²) in [5, 5.41) is 4.85. The highest BCUT2D eigenvalue weighted by Gasteiger charge is 2.23. The van der Waals surface area contributed by atoms with Gasteiger partial charge in [-0.15, -0.1) is 0 Å². The van der Waals surface area contributed by atoms with Crippen LogP contribution < -0.4 is 10.6 Å². The molecule has 0 saturated heterocycles. The molecule has 0 spiro atoms. The number of hydrogen-bond acceptors (Lipinski definition) is 2. The van der Waals surface area contributed by atoms with Crippen molar-refractivity contribution in [3.8, 4) is 0 Å². The Labute approximate surface area is 110 Å². The Kier molecular flexibility index (Phi) is 4.80. The van der Waals surface area contributed by atoms with Gasteiger partial charge in [-0.25, -0.2) is 13.2 Å². The zero-order valence-electron chi connectivity index (χ0n) is 11.3. The second-order valence-corrected chi connectivity index (χ2v) is 4.84. The third-order valence-corrected chi connectivity index (χ3v) is 2.26. The normalized spacial score (nSPS) is 11.0. The van der Waals surface area contributed by atoms with E-state index in [9.17, 15) is 18.0 Å². The zero-order valence-corrected chi connectivity index (χ0v) is 11.3. The Bertz CT molecular complexity index is 487. The van der Waals surface area contributed by atoms with Crippen LogP contribution in [0.15, 0.2) is 6.07 Å². The summed E-state index contributed by atoms with van der Waals surface area (Å²) in [6.07, 6.45) is 0. The molecule has 0 aliphatic rings. The van der Waals surface area contributed by atoms with Gasteiger partial charge in [-0.3, -0.25) is 4.79 Å². The van der Waals surface area contributed by atoms with Crippen molar-refractivity contribution < 1.29 is 18.0 Å². The first kappa shape index (κ1) is 15.3. The van der Waals surface area contributed by atoms with Crippen LogP contribution in [0.3, 0.4) is 0 Å². The monoisotopic (exact) mass is 274 g/mol. The molecule has 0 atom stereocenters. The molecule has 0 fully saturated rings. The van der Waals surface area contributed by atoms with E-state index in [1.54, 1.807) is 27.7 Å². The summed E-state index contributed by atoms with van der Waals surface area (Å²) in [4.78, 5) is 11.6. The standard InChI is InChI=1S/C13H17F3N2O/c1-6(2)17-12-9(14)5-8(10(15)11(12)16)13(19)18-7(3)4/h5-7,17H,1-4H3,(H,18,19). The van der Waals surface area contributed by atoms with E-state index in [2.05, 4.69) is 10.6 Å². The number of hydrogen-bond donors (Lipinski definition) is 2. The molecule has 0 heterocycles. The van der Waals surface area contributed by atoms with Crippen molar-refractivity contribution in [2.24, 2.45) is 0 Å². The summed E-state index contributed by atoms with van der Waals surface area (Å²) in [5.74, 6) is -4.59. The molecule has 0 unspecified atom stereocenters. The van der Waals surface area contributed by atoms with Gasteiger partial charge in [0.15, 0.2) is 11.6 Å². The van der Waals surface area contributed by atoms with Crippen LogP contribution in [-0.4, -0.2) is 18.0 Å². The topological polar surface area (TPSA) is 41.1 Å². The molecule has 1 rings (SSSR count). The van der Waals surface area contributed by atoms with Crippen LogP contribution in [0.2, 0.25) is 0 Å². The minimum absolute atomic E-state index is 0.258. The number of halogens is 3. The van der Waals surface area contributed by atoms with Gasteiger partial charge < -0.3 is 10.6 Å². The largest absolute Gasteiger partial charge is 0.378 e. The molecule has 0 aliphatic heterocycles. The maximum atomic E-state index is 13.8. The molecular weight excluding hydrogens is 257 g/mol. The van der Waals surface area contributed by atoms with Crippen molar-refractivity contribution in [2.75, 3.05) is 5.32 Å². The van der Waals surface area contributed by atoms with Crippen molar-refractivity contribution >= 4 is 11.6 Å². The molecule has 1 aromatic rings. The van der Waals surface area contributed by atoms with E-state index in [0.29, 0.717) is 6.07 Å². The SMILES string of the molecule is CC(C)NC(=O)c1cc(F)c(NC(C)C)c(F)c1F. The Morgan fingerprint density at radius 3 is 2.11 bits per heavy atom. The van der Waals surface area contributed by atoms with Crippen molar-refractivity contribution in [1.29, 1.82) is 0 Å². The van der Waals surface area contributed by atoms with Crippen molar-refractivity contribution in [3.05, 3.63) is 29.1 Å². The predicted octanol–water partition coefficient (Wildman–Crippen LogP) is 3.06. The Morgan fingerprint density at radius 2 is 1.63 bits per heavy atom. The third kappa shape index (κ3) is 3.62. The van der Waals surface area contributed by atoms with Crippen LogP contribution >= 0.6 is 0 Å². The van der Waals surface area contributed by atoms with Gasteiger partial charge in [0.25, 0.3) is 5.91 Å². The number of nitrogens with one attached hydrogen (secondary N) is 2. The molecule has 0 aromatic heterocycles. The molecule has 0 bridgehead atoms. The fourth-order valence-corrected chi connectivity index (χ4v) is 1.52. The first-order valence-electron chi connectivity index (χ1n) is 5.99. The summed E-state index contributed by atoms with van der Waals surface area (Å²) in [7, 11) is 0. The summed E-state index contributed by atoms with van der Waals surface area (Å²) in [5.41, 5.74) is -1.20. The minimum Gasteiger partial charge on any atom is -0.378 e. The van der Waals surface area contributed by atoms with Crippen LogP contribution in [0.25, 0.3) is 0 Å². The highest BCUT2D eigenvalue weighted by atomic mass is 19.2. The average molecular weight is 274 g/mol.